The Kier molecular flexibility index (Phi) is 3.96. The highest BCUT2D eigenvalue weighted by atomic mass is 16.5. The van der Waals surface area contributed by atoms with Crippen molar-refractivity contribution >= 4 is 0 Å². The number of azo groups is 1. The van der Waals surface area contributed by atoms with Crippen LogP contribution in [0.1, 0.15) is 31.4 Å². The lowest BCUT2D eigenvalue weighted by Gasteiger charge is -2.17. The molecule has 1 aliphatic rings. The quantitative estimate of drug-likeness (QED) is 0.801. The maximum absolute atomic E-state index is 5.56. The van der Waals surface area contributed by atoms with E-state index >= 15 is 0 Å². The van der Waals surface area contributed by atoms with Gasteiger partial charge < -0.3 is 9.47 Å². The van der Waals surface area contributed by atoms with Gasteiger partial charge in [-0.15, -0.1) is 0 Å². The third-order valence-corrected chi connectivity index (χ3v) is 2.83. The molecule has 0 saturated carbocycles. The summed E-state index contributed by atoms with van der Waals surface area (Å²) < 4.78 is 10.8. The van der Waals surface area contributed by atoms with Crippen LogP contribution >= 0.6 is 0 Å². The van der Waals surface area contributed by atoms with Crippen LogP contribution in [-0.4, -0.2) is 20.3 Å². The van der Waals surface area contributed by atoms with Crippen molar-refractivity contribution in [2.45, 2.75) is 25.8 Å². The van der Waals surface area contributed by atoms with Crippen molar-refractivity contribution in [2.24, 2.45) is 10.2 Å². The van der Waals surface area contributed by atoms with Crippen LogP contribution in [0.5, 0.6) is 11.5 Å². The van der Waals surface area contributed by atoms with E-state index in [0.29, 0.717) is 6.61 Å². The van der Waals surface area contributed by atoms with Gasteiger partial charge in [0.25, 0.3) is 0 Å². The van der Waals surface area contributed by atoms with Crippen LogP contribution < -0.4 is 9.47 Å². The summed E-state index contributed by atoms with van der Waals surface area (Å²) in [7, 11) is 1.65. The van der Waals surface area contributed by atoms with Crippen molar-refractivity contribution < 1.29 is 9.47 Å². The third kappa shape index (κ3) is 2.75. The average molecular weight is 234 g/mol. The second kappa shape index (κ2) is 5.66. The van der Waals surface area contributed by atoms with Crippen molar-refractivity contribution in [3.8, 4) is 11.5 Å². The minimum Gasteiger partial charge on any atom is -0.493 e. The fourth-order valence-electron chi connectivity index (χ4n) is 1.97. The summed E-state index contributed by atoms with van der Waals surface area (Å²) in [4.78, 5) is 0. The van der Waals surface area contributed by atoms with Crippen molar-refractivity contribution in [2.75, 3.05) is 20.3 Å². The standard InChI is InChI=1S/C13H18N2O2/c1-3-17-13-9-10(6-7-12(13)16-2)11-5-4-8-14-15-11/h6-7,9,11H,3-5,8H2,1-2H3. The Balaban J connectivity index is 2.25. The third-order valence-electron chi connectivity index (χ3n) is 2.83. The zero-order valence-corrected chi connectivity index (χ0v) is 10.3. The predicted octanol–water partition coefficient (Wildman–Crippen LogP) is 3.38. The van der Waals surface area contributed by atoms with Gasteiger partial charge in [0.2, 0.25) is 0 Å². The Labute approximate surface area is 102 Å². The first-order chi connectivity index (χ1) is 8.35. The number of benzene rings is 1. The van der Waals surface area contributed by atoms with E-state index in [4.69, 9.17) is 9.47 Å². The highest BCUT2D eigenvalue weighted by molar-refractivity contribution is 5.43. The molecule has 17 heavy (non-hydrogen) atoms. The summed E-state index contributed by atoms with van der Waals surface area (Å²) in [5, 5.41) is 8.39. The van der Waals surface area contributed by atoms with Crippen LogP contribution in [-0.2, 0) is 0 Å². The molecule has 0 bridgehead atoms. The molecular formula is C13H18N2O2. The van der Waals surface area contributed by atoms with Gasteiger partial charge in [0.1, 0.15) is 0 Å². The molecule has 1 unspecified atom stereocenters. The predicted molar refractivity (Wildman–Crippen MR) is 65.9 cm³/mol. The molecule has 1 aromatic carbocycles. The molecule has 92 valence electrons. The van der Waals surface area contributed by atoms with E-state index in [1.165, 1.54) is 0 Å². The Morgan fingerprint density at radius 3 is 2.88 bits per heavy atom. The second-order valence-electron chi connectivity index (χ2n) is 3.98. The van der Waals surface area contributed by atoms with Crippen LogP contribution in [0.25, 0.3) is 0 Å². The SMILES string of the molecule is CCOc1cc(C2CCCN=N2)ccc1OC. The van der Waals surface area contributed by atoms with Crippen molar-refractivity contribution in [1.29, 1.82) is 0 Å². The van der Waals surface area contributed by atoms with Gasteiger partial charge in [-0.25, -0.2) is 0 Å². The molecule has 0 N–H and O–H groups in total. The molecular weight excluding hydrogens is 216 g/mol. The van der Waals surface area contributed by atoms with Crippen molar-refractivity contribution in [3.63, 3.8) is 0 Å². The zero-order valence-electron chi connectivity index (χ0n) is 10.3. The molecule has 1 aliphatic heterocycles. The first-order valence-electron chi connectivity index (χ1n) is 6.02. The maximum atomic E-state index is 5.56. The molecule has 4 nitrogen and oxygen atoms in total. The molecule has 0 spiro atoms. The molecule has 4 heteroatoms. The summed E-state index contributed by atoms with van der Waals surface area (Å²) in [5.74, 6) is 1.55. The summed E-state index contributed by atoms with van der Waals surface area (Å²) in [6.45, 7) is 3.45. The van der Waals surface area contributed by atoms with E-state index in [1.807, 2.05) is 25.1 Å². The molecule has 0 amide bonds. The monoisotopic (exact) mass is 234 g/mol. The summed E-state index contributed by atoms with van der Waals surface area (Å²) in [6, 6.07) is 6.16. The normalized spacial score (nSPS) is 19.1. The molecule has 0 aromatic heterocycles. The van der Waals surface area contributed by atoms with E-state index in [1.54, 1.807) is 7.11 Å². The highest BCUT2D eigenvalue weighted by Gasteiger charge is 2.15. The van der Waals surface area contributed by atoms with Gasteiger partial charge in [-0.2, -0.15) is 10.2 Å². The molecule has 0 fully saturated rings. The first-order valence-corrected chi connectivity index (χ1v) is 6.02. The Bertz CT molecular complexity index is 404. The van der Waals surface area contributed by atoms with Crippen LogP contribution in [0.15, 0.2) is 28.4 Å². The lowest BCUT2D eigenvalue weighted by molar-refractivity contribution is 0.310. The molecule has 0 saturated heterocycles. The van der Waals surface area contributed by atoms with E-state index < -0.39 is 0 Å². The van der Waals surface area contributed by atoms with Gasteiger partial charge in [-0.3, -0.25) is 0 Å². The fourth-order valence-corrected chi connectivity index (χ4v) is 1.97. The van der Waals surface area contributed by atoms with Crippen LogP contribution in [0, 0.1) is 0 Å². The van der Waals surface area contributed by atoms with Gasteiger partial charge >= 0.3 is 0 Å². The van der Waals surface area contributed by atoms with Crippen LogP contribution in [0.3, 0.4) is 0 Å². The molecule has 1 heterocycles. The second-order valence-corrected chi connectivity index (χ2v) is 3.98. The van der Waals surface area contributed by atoms with Gasteiger partial charge in [0, 0.05) is 0 Å². The lowest BCUT2D eigenvalue weighted by Crippen LogP contribution is -2.03. The highest BCUT2D eigenvalue weighted by Crippen LogP contribution is 2.34. The Morgan fingerprint density at radius 1 is 1.35 bits per heavy atom. The van der Waals surface area contributed by atoms with E-state index in [9.17, 15) is 0 Å². The van der Waals surface area contributed by atoms with Gasteiger partial charge in [-0.1, -0.05) is 6.07 Å². The van der Waals surface area contributed by atoms with Gasteiger partial charge in [0.15, 0.2) is 11.5 Å². The number of methoxy groups -OCH3 is 1. The summed E-state index contributed by atoms with van der Waals surface area (Å²) in [5.41, 5.74) is 1.15. The number of hydrogen-bond donors (Lipinski definition) is 0. The van der Waals surface area contributed by atoms with Crippen LogP contribution in [0.4, 0.5) is 0 Å². The van der Waals surface area contributed by atoms with E-state index in [0.717, 1.165) is 36.4 Å². The smallest absolute Gasteiger partial charge is 0.161 e. The molecule has 1 aromatic rings. The van der Waals surface area contributed by atoms with E-state index in [2.05, 4.69) is 10.2 Å². The molecule has 1 atom stereocenters. The fraction of sp³-hybridized carbons (Fsp3) is 0.538. The largest absolute Gasteiger partial charge is 0.493 e. The van der Waals surface area contributed by atoms with Crippen molar-refractivity contribution in [1.82, 2.24) is 0 Å². The first kappa shape index (κ1) is 11.9. The molecule has 0 aliphatic carbocycles. The van der Waals surface area contributed by atoms with Crippen LogP contribution in [0.2, 0.25) is 0 Å². The number of ether oxygens (including phenoxy) is 2. The number of nitrogens with zero attached hydrogens (tertiary/aromatic N) is 2. The molecule has 2 rings (SSSR count). The number of hydrogen-bond acceptors (Lipinski definition) is 4. The molecule has 0 radical (unpaired) electrons. The Morgan fingerprint density at radius 2 is 2.24 bits per heavy atom. The lowest BCUT2D eigenvalue weighted by atomic mass is 10.0. The minimum absolute atomic E-state index is 0.175. The van der Waals surface area contributed by atoms with E-state index in [-0.39, 0.29) is 6.04 Å². The van der Waals surface area contributed by atoms with Gasteiger partial charge in [0.05, 0.1) is 26.3 Å². The minimum atomic E-state index is 0.175. The summed E-state index contributed by atoms with van der Waals surface area (Å²) >= 11 is 0. The zero-order chi connectivity index (χ0) is 12.1. The Hall–Kier alpha value is -1.58. The topological polar surface area (TPSA) is 43.2 Å². The number of rotatable bonds is 4. The maximum Gasteiger partial charge on any atom is 0.161 e. The average Bonchev–Trinajstić information content (AvgIpc) is 2.40. The van der Waals surface area contributed by atoms with Crippen molar-refractivity contribution in [3.05, 3.63) is 23.8 Å². The summed E-state index contributed by atoms with van der Waals surface area (Å²) in [6.07, 6.45) is 2.16. The van der Waals surface area contributed by atoms with Gasteiger partial charge in [-0.05, 0) is 37.5 Å².